The molecule has 150 valence electrons. The van der Waals surface area contributed by atoms with Crippen LogP contribution in [0, 0.1) is 5.82 Å². The molecule has 1 heterocycles. The lowest BCUT2D eigenvalue weighted by molar-refractivity contribution is -0.116. The fraction of sp³-hybridized carbons (Fsp3) is 0.381. The zero-order valence-corrected chi connectivity index (χ0v) is 16.7. The van der Waals surface area contributed by atoms with Gasteiger partial charge >= 0.3 is 0 Å². The quantitative estimate of drug-likeness (QED) is 0.767. The highest BCUT2D eigenvalue weighted by molar-refractivity contribution is 6.30. The molecule has 0 aliphatic carbocycles. The van der Waals surface area contributed by atoms with Gasteiger partial charge in [-0.3, -0.25) is 4.79 Å². The van der Waals surface area contributed by atoms with Crippen LogP contribution in [0.25, 0.3) is 0 Å². The Hall–Kier alpha value is -2.31. The summed E-state index contributed by atoms with van der Waals surface area (Å²) in [5, 5.41) is 3.27. The zero-order valence-electron chi connectivity index (χ0n) is 16.0. The van der Waals surface area contributed by atoms with Crippen molar-refractivity contribution in [2.75, 3.05) is 29.9 Å². The van der Waals surface area contributed by atoms with Gasteiger partial charge in [-0.05, 0) is 50.2 Å². The maximum Gasteiger partial charge on any atom is 0.227 e. The minimum Gasteiger partial charge on any atom is -0.493 e. The van der Waals surface area contributed by atoms with Gasteiger partial charge in [0.25, 0.3) is 0 Å². The maximum absolute atomic E-state index is 14.6. The Morgan fingerprint density at radius 2 is 2.00 bits per heavy atom. The van der Waals surface area contributed by atoms with E-state index >= 15 is 0 Å². The number of halogens is 2. The normalized spacial score (nSPS) is 19.4. The van der Waals surface area contributed by atoms with Gasteiger partial charge in [-0.1, -0.05) is 17.7 Å². The van der Waals surface area contributed by atoms with E-state index in [0.717, 1.165) is 0 Å². The molecule has 0 bridgehead atoms. The standard InChI is InChI=1S/C21H24ClFN2O3/c1-14-12-25(13-15(2)28-14)20-7-6-17(11-19(20)23)24-21(26)8-9-27-18-5-3-4-16(22)10-18/h3-7,10-11,14-15H,8-9,12-13H2,1-2H3,(H,24,26). The van der Waals surface area contributed by atoms with Crippen LogP contribution in [0.15, 0.2) is 42.5 Å². The first-order valence-electron chi connectivity index (χ1n) is 9.29. The number of carbonyl (C=O) groups is 1. The van der Waals surface area contributed by atoms with Crippen LogP contribution in [0.5, 0.6) is 5.75 Å². The van der Waals surface area contributed by atoms with Gasteiger partial charge in [0.05, 0.1) is 30.9 Å². The van der Waals surface area contributed by atoms with Gasteiger partial charge in [0.1, 0.15) is 11.6 Å². The number of nitrogens with one attached hydrogen (secondary N) is 1. The van der Waals surface area contributed by atoms with Crippen molar-refractivity contribution in [1.29, 1.82) is 0 Å². The van der Waals surface area contributed by atoms with E-state index in [2.05, 4.69) is 5.32 Å². The lowest BCUT2D eigenvalue weighted by atomic mass is 10.2. The summed E-state index contributed by atoms with van der Waals surface area (Å²) >= 11 is 5.89. The molecule has 7 heteroatoms. The number of hydrogen-bond donors (Lipinski definition) is 1. The monoisotopic (exact) mass is 406 g/mol. The lowest BCUT2D eigenvalue weighted by Gasteiger charge is -2.37. The first-order valence-corrected chi connectivity index (χ1v) is 9.66. The minimum absolute atomic E-state index is 0.0435. The Morgan fingerprint density at radius 3 is 2.68 bits per heavy atom. The topological polar surface area (TPSA) is 50.8 Å². The highest BCUT2D eigenvalue weighted by Crippen LogP contribution is 2.26. The van der Waals surface area contributed by atoms with Crippen molar-refractivity contribution in [3.8, 4) is 5.75 Å². The highest BCUT2D eigenvalue weighted by atomic mass is 35.5. The molecule has 2 unspecified atom stereocenters. The Kier molecular flexibility index (Phi) is 6.75. The Bertz CT molecular complexity index is 823. The van der Waals surface area contributed by atoms with Crippen molar-refractivity contribution in [2.45, 2.75) is 32.5 Å². The number of morpholine rings is 1. The summed E-state index contributed by atoms with van der Waals surface area (Å²) in [6.45, 7) is 5.42. The van der Waals surface area contributed by atoms with Gasteiger partial charge in [-0.2, -0.15) is 0 Å². The van der Waals surface area contributed by atoms with Crippen LogP contribution >= 0.6 is 11.6 Å². The van der Waals surface area contributed by atoms with E-state index in [1.54, 1.807) is 36.4 Å². The summed E-state index contributed by atoms with van der Waals surface area (Å²) in [4.78, 5) is 14.1. The lowest BCUT2D eigenvalue weighted by Crippen LogP contribution is -2.45. The molecule has 2 atom stereocenters. The molecular formula is C21H24ClFN2O3. The second kappa shape index (κ2) is 9.26. The molecule has 5 nitrogen and oxygen atoms in total. The number of hydrogen-bond acceptors (Lipinski definition) is 4. The van der Waals surface area contributed by atoms with Crippen molar-refractivity contribution in [3.63, 3.8) is 0 Å². The van der Waals surface area contributed by atoms with Crippen molar-refractivity contribution < 1.29 is 18.7 Å². The molecule has 1 aliphatic heterocycles. The van der Waals surface area contributed by atoms with E-state index in [1.165, 1.54) is 6.07 Å². The van der Waals surface area contributed by atoms with Crippen LogP contribution in [0.4, 0.5) is 15.8 Å². The second-order valence-corrected chi connectivity index (χ2v) is 7.37. The Morgan fingerprint density at radius 1 is 1.25 bits per heavy atom. The Balaban J connectivity index is 1.53. The molecule has 1 N–H and O–H groups in total. The maximum atomic E-state index is 14.6. The predicted molar refractivity (Wildman–Crippen MR) is 109 cm³/mol. The number of nitrogens with zero attached hydrogens (tertiary/aromatic N) is 1. The molecule has 0 radical (unpaired) electrons. The second-order valence-electron chi connectivity index (χ2n) is 6.93. The number of benzene rings is 2. The predicted octanol–water partition coefficient (Wildman–Crippen LogP) is 4.50. The van der Waals surface area contributed by atoms with Gasteiger partial charge in [0.15, 0.2) is 0 Å². The van der Waals surface area contributed by atoms with Gasteiger partial charge < -0.3 is 19.7 Å². The van der Waals surface area contributed by atoms with E-state index in [1.807, 2.05) is 18.7 Å². The molecule has 1 saturated heterocycles. The zero-order chi connectivity index (χ0) is 20.1. The average Bonchev–Trinajstić information content (AvgIpc) is 2.61. The Labute approximate surface area is 169 Å². The molecule has 0 aromatic heterocycles. The van der Waals surface area contributed by atoms with E-state index in [4.69, 9.17) is 21.1 Å². The highest BCUT2D eigenvalue weighted by Gasteiger charge is 2.24. The fourth-order valence-electron chi connectivity index (χ4n) is 3.26. The van der Waals surface area contributed by atoms with Crippen LogP contribution in [0.2, 0.25) is 5.02 Å². The number of carbonyl (C=O) groups excluding carboxylic acids is 1. The molecule has 1 fully saturated rings. The van der Waals surface area contributed by atoms with Crippen LogP contribution in [-0.4, -0.2) is 37.8 Å². The van der Waals surface area contributed by atoms with E-state index < -0.39 is 0 Å². The summed E-state index contributed by atoms with van der Waals surface area (Å²) in [7, 11) is 0. The van der Waals surface area contributed by atoms with Gasteiger partial charge in [0, 0.05) is 23.8 Å². The number of rotatable bonds is 6. The number of ether oxygens (including phenoxy) is 2. The molecule has 0 saturated carbocycles. The third kappa shape index (κ3) is 5.59. The van der Waals surface area contributed by atoms with Gasteiger partial charge in [0.2, 0.25) is 5.91 Å². The summed E-state index contributed by atoms with van der Waals surface area (Å²) in [5.41, 5.74) is 0.938. The smallest absolute Gasteiger partial charge is 0.227 e. The van der Waals surface area contributed by atoms with Gasteiger partial charge in [-0.15, -0.1) is 0 Å². The molecular weight excluding hydrogens is 383 g/mol. The first kappa shape index (κ1) is 20.4. The summed E-state index contributed by atoms with van der Waals surface area (Å²) in [6, 6.07) is 11.7. The van der Waals surface area contributed by atoms with Crippen LogP contribution in [0.3, 0.4) is 0 Å². The molecule has 1 amide bonds. The SMILES string of the molecule is CC1CN(c2ccc(NC(=O)CCOc3cccc(Cl)c3)cc2F)CC(C)O1. The largest absolute Gasteiger partial charge is 0.493 e. The van der Waals surface area contributed by atoms with Crippen molar-refractivity contribution >= 4 is 28.9 Å². The number of amides is 1. The molecule has 1 aliphatic rings. The van der Waals surface area contributed by atoms with E-state index in [9.17, 15) is 9.18 Å². The summed E-state index contributed by atoms with van der Waals surface area (Å²) in [6.07, 6.45) is 0.234. The summed E-state index contributed by atoms with van der Waals surface area (Å²) in [5.74, 6) is -0.0123. The van der Waals surface area contributed by atoms with Crippen molar-refractivity contribution in [2.24, 2.45) is 0 Å². The summed E-state index contributed by atoms with van der Waals surface area (Å²) < 4.78 is 25.8. The molecule has 2 aromatic carbocycles. The molecule has 0 spiro atoms. The van der Waals surface area contributed by atoms with Crippen LogP contribution in [-0.2, 0) is 9.53 Å². The molecule has 3 rings (SSSR count). The number of anilines is 2. The van der Waals surface area contributed by atoms with Crippen molar-refractivity contribution in [3.05, 3.63) is 53.3 Å². The third-order valence-corrected chi connectivity index (χ3v) is 4.62. The minimum atomic E-state index is -0.366. The van der Waals surface area contributed by atoms with Gasteiger partial charge in [-0.25, -0.2) is 4.39 Å². The van der Waals surface area contributed by atoms with E-state index in [-0.39, 0.29) is 37.0 Å². The van der Waals surface area contributed by atoms with E-state index in [0.29, 0.717) is 35.2 Å². The molecule has 28 heavy (non-hydrogen) atoms. The third-order valence-electron chi connectivity index (χ3n) is 4.39. The average molecular weight is 407 g/mol. The molecule has 2 aromatic rings. The van der Waals surface area contributed by atoms with Crippen LogP contribution < -0.4 is 15.0 Å². The van der Waals surface area contributed by atoms with Crippen molar-refractivity contribution in [1.82, 2.24) is 0 Å². The fourth-order valence-corrected chi connectivity index (χ4v) is 3.44. The van der Waals surface area contributed by atoms with Crippen LogP contribution in [0.1, 0.15) is 20.3 Å². The first-order chi connectivity index (χ1) is 13.4.